The molecule has 1 aromatic heterocycles. The summed E-state index contributed by atoms with van der Waals surface area (Å²) in [5.74, 6) is 0.784. The van der Waals surface area contributed by atoms with Gasteiger partial charge in [-0.2, -0.15) is 5.10 Å². The minimum atomic E-state index is 0.784. The number of aromatic nitrogens is 2. The molecule has 0 atom stereocenters. The van der Waals surface area contributed by atoms with Crippen LogP contribution in [0.2, 0.25) is 0 Å². The third-order valence-electron chi connectivity index (χ3n) is 2.38. The summed E-state index contributed by atoms with van der Waals surface area (Å²) in [6.45, 7) is 2.84. The molecule has 70 valence electrons. The highest BCUT2D eigenvalue weighted by molar-refractivity contribution is 5.80. The molecule has 1 saturated heterocycles. The van der Waals surface area contributed by atoms with Gasteiger partial charge in [0.25, 0.3) is 0 Å². The number of nitrogens with one attached hydrogen (secondary N) is 1. The molecule has 1 aliphatic rings. The first kappa shape index (κ1) is 8.29. The summed E-state index contributed by atoms with van der Waals surface area (Å²) in [4.78, 5) is 2.13. The number of nitrogens with zero attached hydrogens (tertiary/aromatic N) is 3. The minimum Gasteiger partial charge on any atom is -0.359 e. The number of amidine groups is 1. The maximum atomic E-state index is 7.63. The molecular formula is C9H14N4. The maximum absolute atomic E-state index is 7.63. The lowest BCUT2D eigenvalue weighted by Gasteiger charge is -2.17. The van der Waals surface area contributed by atoms with Gasteiger partial charge in [0.15, 0.2) is 0 Å². The summed E-state index contributed by atoms with van der Waals surface area (Å²) in [7, 11) is 0. The molecule has 0 unspecified atom stereocenters. The Labute approximate surface area is 77.7 Å². The standard InChI is InChI=1S/C9H14N4/c10-9-3-1-5-12(9)7-8-13-6-2-4-11-13/h2,4,6,10H,1,3,5,7-8H2. The second kappa shape index (κ2) is 3.60. The first-order valence-corrected chi connectivity index (χ1v) is 4.66. The fraction of sp³-hybridized carbons (Fsp3) is 0.556. The first-order chi connectivity index (χ1) is 6.36. The van der Waals surface area contributed by atoms with Crippen LogP contribution < -0.4 is 0 Å². The Hall–Kier alpha value is -1.32. The van der Waals surface area contributed by atoms with Gasteiger partial charge in [0.1, 0.15) is 0 Å². The number of hydrogen-bond acceptors (Lipinski definition) is 2. The van der Waals surface area contributed by atoms with Gasteiger partial charge in [0.05, 0.1) is 12.4 Å². The topological polar surface area (TPSA) is 44.9 Å². The van der Waals surface area contributed by atoms with Gasteiger partial charge >= 0.3 is 0 Å². The van der Waals surface area contributed by atoms with E-state index in [0.29, 0.717) is 0 Å². The molecule has 1 N–H and O–H groups in total. The maximum Gasteiger partial charge on any atom is 0.0958 e. The molecule has 0 aliphatic carbocycles. The van der Waals surface area contributed by atoms with Crippen LogP contribution in [0.25, 0.3) is 0 Å². The molecule has 1 aromatic rings. The Morgan fingerprint density at radius 3 is 3.00 bits per heavy atom. The van der Waals surface area contributed by atoms with Crippen LogP contribution in [-0.4, -0.2) is 33.6 Å². The predicted molar refractivity (Wildman–Crippen MR) is 50.8 cm³/mol. The fourth-order valence-electron chi connectivity index (χ4n) is 1.63. The SMILES string of the molecule is N=C1CCCN1CCn1cccn1. The van der Waals surface area contributed by atoms with Gasteiger partial charge in [-0.3, -0.25) is 10.1 Å². The van der Waals surface area contributed by atoms with Gasteiger partial charge in [0, 0.05) is 31.9 Å². The van der Waals surface area contributed by atoms with Crippen molar-refractivity contribution in [3.05, 3.63) is 18.5 Å². The Balaban J connectivity index is 1.82. The largest absolute Gasteiger partial charge is 0.359 e. The molecular weight excluding hydrogens is 164 g/mol. The molecule has 0 amide bonds. The molecule has 0 saturated carbocycles. The Bertz CT molecular complexity index is 278. The van der Waals surface area contributed by atoms with E-state index in [2.05, 4.69) is 10.00 Å². The fourth-order valence-corrected chi connectivity index (χ4v) is 1.63. The number of likely N-dealkylation sites (tertiary alicyclic amines) is 1. The highest BCUT2D eigenvalue weighted by Gasteiger charge is 2.15. The van der Waals surface area contributed by atoms with Crippen molar-refractivity contribution < 1.29 is 0 Å². The molecule has 13 heavy (non-hydrogen) atoms. The highest BCUT2D eigenvalue weighted by Crippen LogP contribution is 2.09. The lowest BCUT2D eigenvalue weighted by Crippen LogP contribution is -2.28. The van der Waals surface area contributed by atoms with E-state index < -0.39 is 0 Å². The molecule has 0 spiro atoms. The van der Waals surface area contributed by atoms with Crippen molar-refractivity contribution in [2.45, 2.75) is 19.4 Å². The molecule has 0 bridgehead atoms. The zero-order valence-corrected chi connectivity index (χ0v) is 7.61. The predicted octanol–water partition coefficient (Wildman–Crippen LogP) is 0.956. The Morgan fingerprint density at radius 2 is 2.38 bits per heavy atom. The molecule has 1 aliphatic heterocycles. The van der Waals surface area contributed by atoms with Gasteiger partial charge in [-0.1, -0.05) is 0 Å². The van der Waals surface area contributed by atoms with Gasteiger partial charge in [-0.15, -0.1) is 0 Å². The zero-order valence-electron chi connectivity index (χ0n) is 7.61. The van der Waals surface area contributed by atoms with E-state index in [1.54, 1.807) is 6.20 Å². The third kappa shape index (κ3) is 1.88. The van der Waals surface area contributed by atoms with E-state index in [1.807, 2.05) is 16.9 Å². The van der Waals surface area contributed by atoms with Gasteiger partial charge in [-0.05, 0) is 12.5 Å². The zero-order chi connectivity index (χ0) is 9.10. The second-order valence-corrected chi connectivity index (χ2v) is 3.31. The minimum absolute atomic E-state index is 0.784. The van der Waals surface area contributed by atoms with Crippen molar-refractivity contribution in [1.82, 2.24) is 14.7 Å². The lowest BCUT2D eigenvalue weighted by atomic mass is 10.4. The number of hydrogen-bond donors (Lipinski definition) is 1. The first-order valence-electron chi connectivity index (χ1n) is 4.66. The quantitative estimate of drug-likeness (QED) is 0.749. The van der Waals surface area contributed by atoms with Crippen molar-refractivity contribution in [3.8, 4) is 0 Å². The van der Waals surface area contributed by atoms with Gasteiger partial charge < -0.3 is 4.90 Å². The summed E-state index contributed by atoms with van der Waals surface area (Å²) >= 11 is 0. The molecule has 0 aromatic carbocycles. The van der Waals surface area contributed by atoms with Crippen LogP contribution in [0, 0.1) is 5.41 Å². The van der Waals surface area contributed by atoms with E-state index >= 15 is 0 Å². The normalized spacial score (nSPS) is 16.9. The van der Waals surface area contributed by atoms with E-state index in [9.17, 15) is 0 Å². The van der Waals surface area contributed by atoms with Crippen LogP contribution >= 0.6 is 0 Å². The van der Waals surface area contributed by atoms with Crippen molar-refractivity contribution in [2.75, 3.05) is 13.1 Å². The van der Waals surface area contributed by atoms with Crippen molar-refractivity contribution >= 4 is 5.84 Å². The van der Waals surface area contributed by atoms with E-state index in [1.165, 1.54) is 0 Å². The smallest absolute Gasteiger partial charge is 0.0958 e. The Kier molecular flexibility index (Phi) is 2.29. The van der Waals surface area contributed by atoms with Gasteiger partial charge in [-0.25, -0.2) is 0 Å². The average Bonchev–Trinajstić information content (AvgIpc) is 2.72. The van der Waals surface area contributed by atoms with E-state index in [4.69, 9.17) is 5.41 Å². The van der Waals surface area contributed by atoms with Crippen molar-refractivity contribution in [2.24, 2.45) is 0 Å². The summed E-state index contributed by atoms with van der Waals surface area (Å²) in [5, 5.41) is 11.8. The van der Waals surface area contributed by atoms with Crippen LogP contribution in [-0.2, 0) is 6.54 Å². The van der Waals surface area contributed by atoms with Crippen LogP contribution in [0.5, 0.6) is 0 Å². The number of rotatable bonds is 3. The highest BCUT2D eigenvalue weighted by atomic mass is 15.3. The summed E-state index contributed by atoms with van der Waals surface area (Å²) < 4.78 is 1.91. The van der Waals surface area contributed by atoms with Crippen LogP contribution in [0.1, 0.15) is 12.8 Å². The van der Waals surface area contributed by atoms with E-state index in [-0.39, 0.29) is 0 Å². The molecule has 1 fully saturated rings. The third-order valence-corrected chi connectivity index (χ3v) is 2.38. The lowest BCUT2D eigenvalue weighted by molar-refractivity contribution is 0.408. The summed E-state index contributed by atoms with van der Waals surface area (Å²) in [5.41, 5.74) is 0. The molecule has 4 heteroatoms. The molecule has 0 radical (unpaired) electrons. The van der Waals surface area contributed by atoms with Crippen LogP contribution in [0.4, 0.5) is 0 Å². The van der Waals surface area contributed by atoms with Crippen molar-refractivity contribution in [1.29, 1.82) is 5.41 Å². The van der Waals surface area contributed by atoms with Crippen LogP contribution in [0.15, 0.2) is 18.5 Å². The summed E-state index contributed by atoms with van der Waals surface area (Å²) in [6.07, 6.45) is 5.83. The molecule has 2 rings (SSSR count). The van der Waals surface area contributed by atoms with Crippen LogP contribution in [0.3, 0.4) is 0 Å². The van der Waals surface area contributed by atoms with E-state index in [0.717, 1.165) is 38.3 Å². The van der Waals surface area contributed by atoms with Crippen molar-refractivity contribution in [3.63, 3.8) is 0 Å². The summed E-state index contributed by atoms with van der Waals surface area (Å²) in [6, 6.07) is 1.93. The van der Waals surface area contributed by atoms with Gasteiger partial charge in [0.2, 0.25) is 0 Å². The monoisotopic (exact) mass is 178 g/mol. The second-order valence-electron chi connectivity index (χ2n) is 3.31. The molecule has 4 nitrogen and oxygen atoms in total. The average molecular weight is 178 g/mol. The Morgan fingerprint density at radius 1 is 1.46 bits per heavy atom. The molecule has 2 heterocycles.